The van der Waals surface area contributed by atoms with Crippen molar-refractivity contribution in [2.45, 2.75) is 29.3 Å². The number of hydrogen-bond donors (Lipinski definition) is 0. The number of ether oxygens (including phenoxy) is 2. The molecule has 0 fully saturated rings. The molecule has 15 heavy (non-hydrogen) atoms. The summed E-state index contributed by atoms with van der Waals surface area (Å²) in [6.45, 7) is 7.32. The van der Waals surface area contributed by atoms with Crippen molar-refractivity contribution in [2.75, 3.05) is 13.7 Å². The Morgan fingerprint density at radius 2 is 2.20 bits per heavy atom. The van der Waals surface area contributed by atoms with Crippen molar-refractivity contribution in [3.63, 3.8) is 0 Å². The van der Waals surface area contributed by atoms with Gasteiger partial charge in [-0.1, -0.05) is 42.2 Å². The molecule has 0 unspecified atom stereocenters. The highest BCUT2D eigenvalue weighted by Gasteiger charge is 2.39. The summed E-state index contributed by atoms with van der Waals surface area (Å²) in [5.74, 6) is -0.230. The predicted molar refractivity (Wildman–Crippen MR) is 71.0 cm³/mol. The van der Waals surface area contributed by atoms with Crippen molar-refractivity contribution >= 4 is 36.6 Å². The summed E-state index contributed by atoms with van der Waals surface area (Å²) in [6, 6.07) is 0. The van der Waals surface area contributed by atoms with Gasteiger partial charge in [0.25, 0.3) is 0 Å². The van der Waals surface area contributed by atoms with Gasteiger partial charge in [-0.15, -0.1) is 0 Å². The van der Waals surface area contributed by atoms with Crippen LogP contribution in [0.2, 0.25) is 19.6 Å². The minimum Gasteiger partial charge on any atom is -0.454 e. The molecule has 0 saturated heterocycles. The van der Waals surface area contributed by atoms with Crippen LogP contribution >= 0.6 is 22.6 Å². The Labute approximate surface area is 105 Å². The molecule has 0 N–H and O–H groups in total. The number of esters is 1. The van der Waals surface area contributed by atoms with Gasteiger partial charge in [0, 0.05) is 22.3 Å². The maximum atomic E-state index is 11.2. The van der Waals surface area contributed by atoms with Gasteiger partial charge in [-0.2, -0.15) is 0 Å². The minimum atomic E-state index is -1.31. The molecular formula is C10H17IO3Si. The molecule has 0 aliphatic carbocycles. The van der Waals surface area contributed by atoms with E-state index in [0.29, 0.717) is 10.2 Å². The number of halogens is 1. The van der Waals surface area contributed by atoms with Crippen molar-refractivity contribution in [3.05, 3.63) is 11.6 Å². The van der Waals surface area contributed by atoms with Crippen LogP contribution in [-0.2, 0) is 14.3 Å². The van der Waals surface area contributed by atoms with E-state index in [0.717, 1.165) is 5.57 Å². The van der Waals surface area contributed by atoms with E-state index in [2.05, 4.69) is 42.2 Å². The number of rotatable bonds is 4. The predicted octanol–water partition coefficient (Wildman–Crippen LogP) is 2.17. The topological polar surface area (TPSA) is 35.5 Å². The first kappa shape index (κ1) is 13.2. The lowest BCUT2D eigenvalue weighted by atomic mass is 10.2. The number of hydrogen-bond acceptors (Lipinski definition) is 3. The molecule has 0 aromatic rings. The molecule has 1 aliphatic rings. The summed E-state index contributed by atoms with van der Waals surface area (Å²) in [6.07, 6.45) is 1.49. The Kier molecular flexibility index (Phi) is 4.36. The van der Waals surface area contributed by atoms with Crippen LogP contribution in [-0.4, -0.2) is 37.4 Å². The van der Waals surface area contributed by atoms with Crippen LogP contribution in [0.3, 0.4) is 0 Å². The lowest BCUT2D eigenvalue weighted by Crippen LogP contribution is -2.43. The van der Waals surface area contributed by atoms with Gasteiger partial charge in [0.05, 0.1) is 14.7 Å². The molecule has 1 aliphatic heterocycles. The number of carbonyl (C=O) groups is 1. The normalized spacial score (nSPS) is 23.7. The van der Waals surface area contributed by atoms with Crippen LogP contribution in [0.4, 0.5) is 0 Å². The molecule has 0 saturated carbocycles. The molecular weight excluding hydrogens is 323 g/mol. The monoisotopic (exact) mass is 340 g/mol. The maximum Gasteiger partial charge on any atom is 0.331 e. The van der Waals surface area contributed by atoms with E-state index in [1.54, 1.807) is 13.2 Å². The van der Waals surface area contributed by atoms with E-state index in [1.165, 1.54) is 0 Å². The second-order valence-electron chi connectivity index (χ2n) is 4.78. The van der Waals surface area contributed by atoms with Gasteiger partial charge in [-0.05, 0) is 0 Å². The standard InChI is InChI=1S/C10H17IO3Si/c1-13-6-7-5-8(12)14-9(7)10(11)15(2,3)4/h5,9-10H,6H2,1-4H3/t9-,10+/m0/s1. The van der Waals surface area contributed by atoms with Crippen molar-refractivity contribution in [3.8, 4) is 0 Å². The van der Waals surface area contributed by atoms with E-state index < -0.39 is 8.07 Å². The Morgan fingerprint density at radius 3 is 2.67 bits per heavy atom. The summed E-state index contributed by atoms with van der Waals surface area (Å²) in [5.41, 5.74) is 0.976. The summed E-state index contributed by atoms with van der Waals surface area (Å²) in [5, 5.41) is 0. The van der Waals surface area contributed by atoms with E-state index in [9.17, 15) is 4.79 Å². The Bertz CT molecular complexity index is 283. The van der Waals surface area contributed by atoms with Crippen molar-refractivity contribution in [1.82, 2.24) is 0 Å². The molecule has 1 rings (SSSR count). The molecule has 0 aromatic heterocycles. The Morgan fingerprint density at radius 1 is 1.60 bits per heavy atom. The van der Waals surface area contributed by atoms with Crippen LogP contribution in [0.5, 0.6) is 0 Å². The minimum absolute atomic E-state index is 0.0790. The van der Waals surface area contributed by atoms with Crippen LogP contribution < -0.4 is 0 Å². The highest BCUT2D eigenvalue weighted by molar-refractivity contribution is 14.1. The third kappa shape index (κ3) is 3.29. The van der Waals surface area contributed by atoms with Gasteiger partial charge in [-0.25, -0.2) is 4.79 Å². The first-order valence-electron chi connectivity index (χ1n) is 4.90. The van der Waals surface area contributed by atoms with Crippen molar-refractivity contribution in [2.24, 2.45) is 0 Å². The van der Waals surface area contributed by atoms with E-state index in [1.807, 2.05) is 0 Å². The smallest absolute Gasteiger partial charge is 0.331 e. The molecule has 3 nitrogen and oxygen atoms in total. The second kappa shape index (κ2) is 4.97. The zero-order chi connectivity index (χ0) is 11.6. The highest BCUT2D eigenvalue weighted by Crippen LogP contribution is 2.30. The molecule has 0 amide bonds. The summed E-state index contributed by atoms with van der Waals surface area (Å²) in [7, 11) is 0.323. The third-order valence-corrected chi connectivity index (χ3v) is 10.5. The molecule has 0 aromatic carbocycles. The van der Waals surface area contributed by atoms with E-state index in [4.69, 9.17) is 9.47 Å². The second-order valence-corrected chi connectivity index (χ2v) is 12.6. The molecule has 0 radical (unpaired) electrons. The van der Waals surface area contributed by atoms with E-state index in [-0.39, 0.29) is 12.1 Å². The average molecular weight is 340 g/mol. The van der Waals surface area contributed by atoms with Gasteiger partial charge < -0.3 is 9.47 Å². The number of alkyl halides is 1. The summed E-state index contributed by atoms with van der Waals surface area (Å²) >= 11 is 2.40. The van der Waals surface area contributed by atoms with Crippen LogP contribution in [0, 0.1) is 0 Å². The molecule has 2 atom stereocenters. The number of carbonyl (C=O) groups excluding carboxylic acids is 1. The molecule has 0 bridgehead atoms. The quantitative estimate of drug-likeness (QED) is 0.341. The van der Waals surface area contributed by atoms with Gasteiger partial charge in [-0.3, -0.25) is 0 Å². The maximum absolute atomic E-state index is 11.2. The SMILES string of the molecule is COCC1=CC(=O)O[C@@H]1[C@H](I)[Si](C)(C)C. The lowest BCUT2D eigenvalue weighted by molar-refractivity contribution is -0.138. The van der Waals surface area contributed by atoms with Crippen LogP contribution in [0.1, 0.15) is 0 Å². The Balaban J connectivity index is 2.78. The first-order chi connectivity index (χ1) is 6.86. The van der Waals surface area contributed by atoms with Crippen LogP contribution in [0.25, 0.3) is 0 Å². The summed E-state index contributed by atoms with van der Waals surface area (Å²) in [4.78, 5) is 11.2. The number of methoxy groups -OCH3 is 1. The highest BCUT2D eigenvalue weighted by atomic mass is 127. The van der Waals surface area contributed by atoms with Crippen molar-refractivity contribution < 1.29 is 14.3 Å². The average Bonchev–Trinajstić information content (AvgIpc) is 2.44. The first-order valence-corrected chi connectivity index (χ1v) is 9.72. The third-order valence-electron chi connectivity index (χ3n) is 2.32. The van der Waals surface area contributed by atoms with Gasteiger partial charge >= 0.3 is 5.97 Å². The fraction of sp³-hybridized carbons (Fsp3) is 0.700. The fourth-order valence-corrected chi connectivity index (χ4v) is 3.26. The zero-order valence-electron chi connectivity index (χ0n) is 9.54. The Hall–Kier alpha value is 0.117. The molecule has 0 spiro atoms. The van der Waals surface area contributed by atoms with E-state index >= 15 is 0 Å². The van der Waals surface area contributed by atoms with Crippen LogP contribution in [0.15, 0.2) is 11.6 Å². The number of cyclic esters (lactones) is 1. The lowest BCUT2D eigenvalue weighted by Gasteiger charge is -2.29. The zero-order valence-corrected chi connectivity index (χ0v) is 12.7. The largest absolute Gasteiger partial charge is 0.454 e. The molecule has 86 valence electrons. The summed E-state index contributed by atoms with van der Waals surface area (Å²) < 4.78 is 10.8. The van der Waals surface area contributed by atoms with Crippen molar-refractivity contribution in [1.29, 1.82) is 0 Å². The fourth-order valence-electron chi connectivity index (χ4n) is 1.46. The van der Waals surface area contributed by atoms with Gasteiger partial charge in [0.1, 0.15) is 6.10 Å². The molecule has 5 heteroatoms. The van der Waals surface area contributed by atoms with Gasteiger partial charge in [0.2, 0.25) is 0 Å². The van der Waals surface area contributed by atoms with Gasteiger partial charge in [0.15, 0.2) is 0 Å². The molecule has 1 heterocycles.